The quantitative estimate of drug-likeness (QED) is 0.692. The third-order valence-electron chi connectivity index (χ3n) is 5.28. The first-order valence-corrected chi connectivity index (χ1v) is 10.7. The SMILES string of the molecule is COc1cccc([C@H]2CC(=O)N3CN(c4cccc(Cl)c4)CSC3=C2C#N)c1OC. The first-order valence-electron chi connectivity index (χ1n) is 9.36. The summed E-state index contributed by atoms with van der Waals surface area (Å²) < 4.78 is 11.0. The number of para-hydroxylation sites is 1. The van der Waals surface area contributed by atoms with Crippen LogP contribution in [0.1, 0.15) is 17.9 Å². The second-order valence-corrected chi connectivity index (χ2v) is 8.30. The summed E-state index contributed by atoms with van der Waals surface area (Å²) in [5.74, 6) is 1.35. The normalized spacial score (nSPS) is 18.7. The van der Waals surface area contributed by atoms with E-state index in [1.165, 1.54) is 11.8 Å². The van der Waals surface area contributed by atoms with Crippen LogP contribution < -0.4 is 14.4 Å². The number of halogens is 1. The maximum Gasteiger partial charge on any atom is 0.229 e. The Labute approximate surface area is 184 Å². The number of carbonyl (C=O) groups is 1. The van der Waals surface area contributed by atoms with Gasteiger partial charge >= 0.3 is 0 Å². The van der Waals surface area contributed by atoms with E-state index in [1.807, 2.05) is 36.4 Å². The van der Waals surface area contributed by atoms with Gasteiger partial charge in [0.05, 0.1) is 43.4 Å². The number of fused-ring (bicyclic) bond motifs is 1. The Morgan fingerprint density at radius 2 is 2.00 bits per heavy atom. The fourth-order valence-corrected chi connectivity index (χ4v) is 5.20. The van der Waals surface area contributed by atoms with Crippen molar-refractivity contribution >= 4 is 35.0 Å². The number of hydrogen-bond donors (Lipinski definition) is 0. The smallest absolute Gasteiger partial charge is 0.229 e. The number of nitriles is 1. The fraction of sp³-hybridized carbons (Fsp3) is 0.273. The molecule has 6 nitrogen and oxygen atoms in total. The second kappa shape index (κ2) is 8.50. The van der Waals surface area contributed by atoms with E-state index in [9.17, 15) is 10.1 Å². The van der Waals surface area contributed by atoms with Gasteiger partial charge < -0.3 is 14.4 Å². The average molecular weight is 442 g/mol. The summed E-state index contributed by atoms with van der Waals surface area (Å²) in [5.41, 5.74) is 2.31. The molecule has 1 amide bonds. The van der Waals surface area contributed by atoms with Gasteiger partial charge in [-0.15, -0.1) is 0 Å². The van der Waals surface area contributed by atoms with E-state index in [2.05, 4.69) is 11.0 Å². The average Bonchev–Trinajstić information content (AvgIpc) is 2.78. The number of anilines is 1. The molecule has 0 unspecified atom stereocenters. The van der Waals surface area contributed by atoms with Crippen LogP contribution in [0.2, 0.25) is 5.02 Å². The fourth-order valence-electron chi connectivity index (χ4n) is 3.85. The summed E-state index contributed by atoms with van der Waals surface area (Å²) in [6, 6.07) is 15.4. The van der Waals surface area contributed by atoms with Crippen molar-refractivity contribution in [3.8, 4) is 17.6 Å². The molecule has 0 aromatic heterocycles. The predicted octanol–water partition coefficient (Wildman–Crippen LogP) is 4.58. The number of nitrogens with zero attached hydrogens (tertiary/aromatic N) is 3. The van der Waals surface area contributed by atoms with Crippen molar-refractivity contribution in [2.45, 2.75) is 12.3 Å². The minimum absolute atomic E-state index is 0.0295. The van der Waals surface area contributed by atoms with E-state index < -0.39 is 0 Å². The number of ether oxygens (including phenoxy) is 2. The molecule has 0 N–H and O–H groups in total. The largest absolute Gasteiger partial charge is 0.493 e. The van der Waals surface area contributed by atoms with Gasteiger partial charge in [-0.1, -0.05) is 41.6 Å². The van der Waals surface area contributed by atoms with E-state index in [0.29, 0.717) is 39.7 Å². The molecule has 2 aromatic carbocycles. The summed E-state index contributed by atoms with van der Waals surface area (Å²) in [5, 5.41) is 11.4. The lowest BCUT2D eigenvalue weighted by Gasteiger charge is -2.42. The van der Waals surface area contributed by atoms with Gasteiger partial charge in [-0.25, -0.2) is 0 Å². The molecule has 0 bridgehead atoms. The molecule has 0 radical (unpaired) electrons. The minimum atomic E-state index is -0.371. The van der Waals surface area contributed by atoms with Crippen LogP contribution >= 0.6 is 23.4 Å². The number of rotatable bonds is 4. The highest BCUT2D eigenvalue weighted by atomic mass is 35.5. The van der Waals surface area contributed by atoms with E-state index in [4.69, 9.17) is 21.1 Å². The molecular formula is C22H20ClN3O3S. The molecule has 4 rings (SSSR count). The maximum atomic E-state index is 13.1. The molecule has 1 saturated heterocycles. The summed E-state index contributed by atoms with van der Waals surface area (Å²) in [4.78, 5) is 16.9. The molecule has 0 saturated carbocycles. The third kappa shape index (κ3) is 3.57. The van der Waals surface area contributed by atoms with Gasteiger partial charge in [0.15, 0.2) is 11.5 Å². The number of thioether (sulfide) groups is 1. The summed E-state index contributed by atoms with van der Waals surface area (Å²) >= 11 is 7.61. The zero-order valence-electron chi connectivity index (χ0n) is 16.6. The monoisotopic (exact) mass is 441 g/mol. The van der Waals surface area contributed by atoms with Gasteiger partial charge in [0.1, 0.15) is 0 Å². The summed E-state index contributed by atoms with van der Waals surface area (Å²) in [7, 11) is 3.14. The van der Waals surface area contributed by atoms with E-state index in [-0.39, 0.29) is 18.2 Å². The Kier molecular flexibility index (Phi) is 5.80. The lowest BCUT2D eigenvalue weighted by Crippen LogP contribution is -2.47. The van der Waals surface area contributed by atoms with Gasteiger partial charge in [0.2, 0.25) is 5.91 Å². The number of allylic oxidation sites excluding steroid dienone is 1. The molecule has 0 spiro atoms. The standard InChI is InChI=1S/C22H20ClN3O3S/c1-28-19-8-4-7-16(21(19)29-2)17-10-20(27)26-12-25(13-30-22(26)18(17)11-24)15-6-3-5-14(23)9-15/h3-9,17H,10,12-13H2,1-2H3/t17-/m1/s1. The lowest BCUT2D eigenvalue weighted by atomic mass is 9.85. The van der Waals surface area contributed by atoms with Crippen LogP contribution in [0.15, 0.2) is 53.1 Å². The maximum absolute atomic E-state index is 13.1. The number of hydrogen-bond acceptors (Lipinski definition) is 6. The third-order valence-corrected chi connectivity index (χ3v) is 6.67. The molecular weight excluding hydrogens is 422 g/mol. The van der Waals surface area contributed by atoms with Gasteiger partial charge in [-0.3, -0.25) is 9.69 Å². The molecule has 2 aromatic rings. The molecule has 1 atom stereocenters. The Morgan fingerprint density at radius 1 is 1.20 bits per heavy atom. The summed E-state index contributed by atoms with van der Waals surface area (Å²) in [6.07, 6.45) is 0.194. The number of benzene rings is 2. The van der Waals surface area contributed by atoms with Gasteiger partial charge in [0.25, 0.3) is 0 Å². The van der Waals surface area contributed by atoms with Crippen LogP contribution in [0.4, 0.5) is 5.69 Å². The second-order valence-electron chi connectivity index (χ2n) is 6.93. The van der Waals surface area contributed by atoms with Crippen molar-refractivity contribution < 1.29 is 14.3 Å². The van der Waals surface area contributed by atoms with Gasteiger partial charge in [0, 0.05) is 28.6 Å². The molecule has 0 aliphatic carbocycles. The topological polar surface area (TPSA) is 65.8 Å². The molecule has 30 heavy (non-hydrogen) atoms. The molecule has 2 heterocycles. The minimum Gasteiger partial charge on any atom is -0.493 e. The Bertz CT molecular complexity index is 1070. The lowest BCUT2D eigenvalue weighted by molar-refractivity contribution is -0.129. The summed E-state index contributed by atoms with van der Waals surface area (Å²) in [6.45, 7) is 0.384. The van der Waals surface area contributed by atoms with Crippen LogP contribution in [0, 0.1) is 11.3 Å². The van der Waals surface area contributed by atoms with E-state index in [0.717, 1.165) is 11.3 Å². The molecule has 2 aliphatic heterocycles. The van der Waals surface area contributed by atoms with Crippen LogP contribution in [0.3, 0.4) is 0 Å². The van der Waals surface area contributed by atoms with Crippen LogP contribution in [-0.2, 0) is 4.79 Å². The highest BCUT2D eigenvalue weighted by Gasteiger charge is 2.39. The first-order chi connectivity index (χ1) is 14.6. The van der Waals surface area contributed by atoms with Crippen LogP contribution in [0.5, 0.6) is 11.5 Å². The first kappa shape index (κ1) is 20.5. The van der Waals surface area contributed by atoms with E-state index >= 15 is 0 Å². The van der Waals surface area contributed by atoms with Crippen molar-refractivity contribution in [3.63, 3.8) is 0 Å². The zero-order valence-corrected chi connectivity index (χ0v) is 18.2. The highest BCUT2D eigenvalue weighted by Crippen LogP contribution is 2.47. The number of methoxy groups -OCH3 is 2. The number of amides is 1. The van der Waals surface area contributed by atoms with E-state index in [1.54, 1.807) is 25.2 Å². The molecule has 2 aliphatic rings. The van der Waals surface area contributed by atoms with Crippen molar-refractivity contribution in [1.82, 2.24) is 4.90 Å². The van der Waals surface area contributed by atoms with Crippen LogP contribution in [0.25, 0.3) is 0 Å². The Hall–Kier alpha value is -2.82. The van der Waals surface area contributed by atoms with Crippen molar-refractivity contribution in [1.29, 1.82) is 5.26 Å². The predicted molar refractivity (Wildman–Crippen MR) is 118 cm³/mol. The van der Waals surface area contributed by atoms with Gasteiger partial charge in [-0.05, 0) is 24.3 Å². The van der Waals surface area contributed by atoms with Crippen molar-refractivity contribution in [3.05, 3.63) is 63.7 Å². The number of carbonyl (C=O) groups excluding carboxylic acids is 1. The van der Waals surface area contributed by atoms with Crippen molar-refractivity contribution in [2.24, 2.45) is 0 Å². The Balaban J connectivity index is 1.71. The van der Waals surface area contributed by atoms with Gasteiger partial charge in [-0.2, -0.15) is 5.26 Å². The molecule has 1 fully saturated rings. The zero-order chi connectivity index (χ0) is 21.3. The molecule has 154 valence electrons. The van der Waals surface area contributed by atoms with Crippen LogP contribution in [-0.4, -0.2) is 37.6 Å². The Morgan fingerprint density at radius 3 is 2.70 bits per heavy atom. The highest BCUT2D eigenvalue weighted by molar-refractivity contribution is 8.03. The van der Waals surface area contributed by atoms with Crippen molar-refractivity contribution in [2.75, 3.05) is 31.7 Å². The molecule has 8 heteroatoms.